The van der Waals surface area contributed by atoms with Crippen molar-refractivity contribution in [2.75, 3.05) is 28.2 Å². The largest absolute Gasteiger partial charge is 0.325 e. The molecular weight excluding hydrogens is 404 g/mol. The van der Waals surface area contributed by atoms with Gasteiger partial charge in [0.05, 0.1) is 5.75 Å². The van der Waals surface area contributed by atoms with E-state index in [4.69, 9.17) is 0 Å². The summed E-state index contributed by atoms with van der Waals surface area (Å²) in [5.74, 6) is -0.294. The molecule has 0 bridgehead atoms. The number of rotatable bonds is 7. The summed E-state index contributed by atoms with van der Waals surface area (Å²) in [5.41, 5.74) is 1.78. The molecule has 1 unspecified atom stereocenters. The third-order valence-electron chi connectivity index (χ3n) is 4.77. The molecule has 3 rings (SSSR count). The van der Waals surface area contributed by atoms with E-state index in [1.807, 2.05) is 18.2 Å². The normalized spacial score (nSPS) is 16.8. The first-order chi connectivity index (χ1) is 14.4. The molecule has 30 heavy (non-hydrogen) atoms. The number of anilines is 3. The van der Waals surface area contributed by atoms with Gasteiger partial charge in [-0.2, -0.15) is 4.31 Å². The fourth-order valence-electron chi connectivity index (χ4n) is 3.39. The molecule has 0 radical (unpaired) electrons. The van der Waals surface area contributed by atoms with Crippen molar-refractivity contribution in [3.63, 3.8) is 0 Å². The summed E-state index contributed by atoms with van der Waals surface area (Å²) in [5, 5.41) is 8.21. The van der Waals surface area contributed by atoms with Gasteiger partial charge in [0.1, 0.15) is 6.04 Å². The van der Waals surface area contributed by atoms with Gasteiger partial charge in [-0.15, -0.1) is 0 Å². The van der Waals surface area contributed by atoms with E-state index in [0.29, 0.717) is 42.9 Å². The smallest absolute Gasteiger partial charge is 0.323 e. The first-order valence-electron chi connectivity index (χ1n) is 9.92. The Morgan fingerprint density at radius 1 is 0.933 bits per heavy atom. The zero-order chi connectivity index (χ0) is 21.6. The van der Waals surface area contributed by atoms with Crippen LogP contribution in [0.4, 0.5) is 21.9 Å². The Hall–Kier alpha value is -2.91. The Kier molecular flexibility index (Phi) is 7.07. The van der Waals surface area contributed by atoms with Crippen LogP contribution in [0.25, 0.3) is 0 Å². The lowest BCUT2D eigenvalue weighted by atomic mass is 10.2. The maximum Gasteiger partial charge on any atom is 0.323 e. The molecule has 9 heteroatoms. The number of benzene rings is 2. The minimum Gasteiger partial charge on any atom is -0.325 e. The van der Waals surface area contributed by atoms with Gasteiger partial charge in [-0.05, 0) is 55.7 Å². The molecule has 3 N–H and O–H groups in total. The molecule has 1 aliphatic rings. The molecular formula is C21H26N4O4S. The number of carbonyl (C=O) groups excluding carboxylic acids is 2. The monoisotopic (exact) mass is 430 g/mol. The van der Waals surface area contributed by atoms with Gasteiger partial charge in [0.15, 0.2) is 0 Å². The second-order valence-electron chi connectivity index (χ2n) is 7.10. The molecule has 0 aliphatic carbocycles. The lowest BCUT2D eigenvalue weighted by Crippen LogP contribution is -2.44. The van der Waals surface area contributed by atoms with Crippen LogP contribution in [0.5, 0.6) is 0 Å². The van der Waals surface area contributed by atoms with Crippen LogP contribution in [0.1, 0.15) is 26.2 Å². The van der Waals surface area contributed by atoms with Crippen molar-refractivity contribution in [2.24, 2.45) is 0 Å². The number of hydrogen-bond acceptors (Lipinski definition) is 4. The molecule has 2 aromatic rings. The summed E-state index contributed by atoms with van der Waals surface area (Å²) in [6.07, 6.45) is 1.69. The summed E-state index contributed by atoms with van der Waals surface area (Å²) in [6, 6.07) is 14.7. The fraction of sp³-hybridized carbons (Fsp3) is 0.333. The average molecular weight is 431 g/mol. The second kappa shape index (κ2) is 9.73. The van der Waals surface area contributed by atoms with Gasteiger partial charge in [-0.3, -0.25) is 4.79 Å². The van der Waals surface area contributed by atoms with E-state index in [-0.39, 0.29) is 17.7 Å². The van der Waals surface area contributed by atoms with Crippen LogP contribution in [-0.2, 0) is 14.8 Å². The van der Waals surface area contributed by atoms with Crippen molar-refractivity contribution >= 4 is 39.0 Å². The number of hydrogen-bond donors (Lipinski definition) is 3. The van der Waals surface area contributed by atoms with Gasteiger partial charge in [-0.1, -0.05) is 25.1 Å². The maximum atomic E-state index is 12.6. The Bertz CT molecular complexity index is 978. The number of sulfonamides is 1. The highest BCUT2D eigenvalue weighted by Gasteiger charge is 2.38. The molecule has 160 valence electrons. The third kappa shape index (κ3) is 5.58. The van der Waals surface area contributed by atoms with E-state index in [2.05, 4.69) is 16.0 Å². The number of urea groups is 1. The Morgan fingerprint density at radius 3 is 2.10 bits per heavy atom. The van der Waals surface area contributed by atoms with E-state index >= 15 is 0 Å². The predicted molar refractivity (Wildman–Crippen MR) is 118 cm³/mol. The van der Waals surface area contributed by atoms with Gasteiger partial charge in [0, 0.05) is 23.6 Å². The minimum absolute atomic E-state index is 0.0438. The molecule has 8 nitrogen and oxygen atoms in total. The van der Waals surface area contributed by atoms with Crippen LogP contribution in [-0.4, -0.2) is 43.0 Å². The van der Waals surface area contributed by atoms with Gasteiger partial charge >= 0.3 is 6.03 Å². The Balaban J connectivity index is 1.57. The summed E-state index contributed by atoms with van der Waals surface area (Å²) in [6.45, 7) is 2.18. The average Bonchev–Trinajstić information content (AvgIpc) is 3.21. The van der Waals surface area contributed by atoms with Crippen molar-refractivity contribution in [1.82, 2.24) is 4.31 Å². The highest BCUT2D eigenvalue weighted by molar-refractivity contribution is 7.89. The molecule has 0 spiro atoms. The molecule has 2 aromatic carbocycles. The molecule has 3 amide bonds. The van der Waals surface area contributed by atoms with Crippen molar-refractivity contribution in [3.8, 4) is 0 Å². The summed E-state index contributed by atoms with van der Waals surface area (Å²) in [7, 11) is -3.42. The lowest BCUT2D eigenvalue weighted by Gasteiger charge is -2.23. The SMILES string of the molecule is CCCS(=O)(=O)N1CCCC1C(=O)Nc1ccc(NC(=O)Nc2ccccc2)cc1. The number of nitrogens with one attached hydrogen (secondary N) is 3. The van der Waals surface area contributed by atoms with Gasteiger partial charge in [0.2, 0.25) is 15.9 Å². The van der Waals surface area contributed by atoms with E-state index in [9.17, 15) is 18.0 Å². The van der Waals surface area contributed by atoms with Crippen LogP contribution in [0.3, 0.4) is 0 Å². The quantitative estimate of drug-likeness (QED) is 0.625. The van der Waals surface area contributed by atoms with Crippen LogP contribution in [0, 0.1) is 0 Å². The van der Waals surface area contributed by atoms with Crippen LogP contribution >= 0.6 is 0 Å². The highest BCUT2D eigenvalue weighted by Crippen LogP contribution is 2.24. The maximum absolute atomic E-state index is 12.6. The summed E-state index contributed by atoms with van der Waals surface area (Å²) < 4.78 is 26.1. The zero-order valence-electron chi connectivity index (χ0n) is 16.8. The van der Waals surface area contributed by atoms with Crippen LogP contribution in [0.2, 0.25) is 0 Å². The van der Waals surface area contributed by atoms with Crippen molar-refractivity contribution < 1.29 is 18.0 Å². The third-order valence-corrected chi connectivity index (χ3v) is 6.84. The molecule has 0 saturated carbocycles. The lowest BCUT2D eigenvalue weighted by molar-refractivity contribution is -0.119. The summed E-state index contributed by atoms with van der Waals surface area (Å²) >= 11 is 0. The zero-order valence-corrected chi connectivity index (χ0v) is 17.6. The Labute approximate surface area is 176 Å². The number of carbonyl (C=O) groups is 2. The molecule has 0 aromatic heterocycles. The van der Waals surface area contributed by atoms with E-state index in [1.165, 1.54) is 4.31 Å². The Morgan fingerprint density at radius 2 is 1.50 bits per heavy atom. The molecule has 1 aliphatic heterocycles. The first-order valence-corrected chi connectivity index (χ1v) is 11.5. The number of nitrogens with zero attached hydrogens (tertiary/aromatic N) is 1. The highest BCUT2D eigenvalue weighted by atomic mass is 32.2. The number of amides is 3. The van der Waals surface area contributed by atoms with Crippen molar-refractivity contribution in [3.05, 3.63) is 54.6 Å². The van der Waals surface area contributed by atoms with E-state index in [0.717, 1.165) is 0 Å². The minimum atomic E-state index is -3.42. The molecule has 1 fully saturated rings. The van der Waals surface area contributed by atoms with Gasteiger partial charge in [0.25, 0.3) is 0 Å². The number of para-hydroxylation sites is 1. The van der Waals surface area contributed by atoms with Crippen molar-refractivity contribution in [2.45, 2.75) is 32.2 Å². The molecule has 1 atom stereocenters. The van der Waals surface area contributed by atoms with Gasteiger partial charge < -0.3 is 16.0 Å². The molecule has 1 saturated heterocycles. The van der Waals surface area contributed by atoms with Gasteiger partial charge in [-0.25, -0.2) is 13.2 Å². The fourth-order valence-corrected chi connectivity index (χ4v) is 5.13. The van der Waals surface area contributed by atoms with Crippen LogP contribution in [0.15, 0.2) is 54.6 Å². The second-order valence-corrected chi connectivity index (χ2v) is 9.14. The van der Waals surface area contributed by atoms with E-state index in [1.54, 1.807) is 43.3 Å². The standard InChI is InChI=1S/C21H26N4O4S/c1-2-15-30(28,29)25-14-6-9-19(25)20(26)22-17-10-12-18(13-11-17)24-21(27)23-16-7-4-3-5-8-16/h3-5,7-8,10-13,19H,2,6,9,14-15H2,1H3,(H,22,26)(H2,23,24,27). The van der Waals surface area contributed by atoms with Crippen molar-refractivity contribution in [1.29, 1.82) is 0 Å². The van der Waals surface area contributed by atoms with E-state index < -0.39 is 16.1 Å². The molecule has 1 heterocycles. The predicted octanol–water partition coefficient (Wildman–Crippen LogP) is 3.47. The summed E-state index contributed by atoms with van der Waals surface area (Å²) in [4.78, 5) is 24.7. The van der Waals surface area contributed by atoms with Crippen LogP contribution < -0.4 is 16.0 Å². The first kappa shape index (κ1) is 21.8. The topological polar surface area (TPSA) is 108 Å².